The van der Waals surface area contributed by atoms with Gasteiger partial charge in [0, 0.05) is 11.3 Å². The first kappa shape index (κ1) is 13.1. The zero-order valence-corrected chi connectivity index (χ0v) is 12.4. The Kier molecular flexibility index (Phi) is 3.70. The van der Waals surface area contributed by atoms with Gasteiger partial charge in [-0.25, -0.2) is 4.98 Å². The summed E-state index contributed by atoms with van der Waals surface area (Å²) in [5.74, 6) is 0. The van der Waals surface area contributed by atoms with E-state index in [2.05, 4.69) is 37.3 Å². The normalized spacial score (nSPS) is 11.1. The molecule has 3 heteroatoms. The molecule has 1 aromatic heterocycles. The fourth-order valence-corrected chi connectivity index (χ4v) is 3.28. The molecule has 2 N–H and O–H groups in total. The van der Waals surface area contributed by atoms with Gasteiger partial charge in [-0.1, -0.05) is 25.5 Å². The first-order valence-corrected chi connectivity index (χ1v) is 7.84. The van der Waals surface area contributed by atoms with Gasteiger partial charge in [-0.05, 0) is 48.7 Å². The summed E-state index contributed by atoms with van der Waals surface area (Å²) in [6.07, 6.45) is 3.40. The quantitative estimate of drug-likeness (QED) is 0.692. The monoisotopic (exact) mass is 282 g/mol. The van der Waals surface area contributed by atoms with E-state index in [1.807, 2.05) is 12.1 Å². The average Bonchev–Trinajstić information content (AvgIpc) is 2.90. The third-order valence-electron chi connectivity index (χ3n) is 3.48. The molecule has 102 valence electrons. The highest BCUT2D eigenvalue weighted by Crippen LogP contribution is 2.31. The smallest absolute Gasteiger partial charge is 0.124 e. The molecule has 3 rings (SSSR count). The summed E-state index contributed by atoms with van der Waals surface area (Å²) in [5.41, 5.74) is 10.4. The number of thiazole rings is 1. The summed E-state index contributed by atoms with van der Waals surface area (Å²) in [4.78, 5) is 4.71. The van der Waals surface area contributed by atoms with Crippen LogP contribution in [-0.2, 0) is 6.42 Å². The van der Waals surface area contributed by atoms with E-state index < -0.39 is 0 Å². The lowest BCUT2D eigenvalue weighted by Gasteiger charge is -2.06. The number of hydrogen-bond acceptors (Lipinski definition) is 3. The Morgan fingerprint density at radius 2 is 2.00 bits per heavy atom. The first-order chi connectivity index (χ1) is 9.78. The highest BCUT2D eigenvalue weighted by Gasteiger charge is 2.08. The molecule has 0 atom stereocenters. The fraction of sp³-hybridized carbons (Fsp3) is 0.235. The molecular formula is C17H18N2S. The first-order valence-electron chi connectivity index (χ1n) is 7.02. The van der Waals surface area contributed by atoms with E-state index in [-0.39, 0.29) is 0 Å². The maximum absolute atomic E-state index is 6.07. The van der Waals surface area contributed by atoms with Gasteiger partial charge in [0.05, 0.1) is 10.2 Å². The minimum absolute atomic E-state index is 0.892. The lowest BCUT2D eigenvalue weighted by atomic mass is 10.0. The zero-order chi connectivity index (χ0) is 13.9. The van der Waals surface area contributed by atoms with E-state index in [0.29, 0.717) is 0 Å². The van der Waals surface area contributed by atoms with Crippen molar-refractivity contribution in [1.82, 2.24) is 4.98 Å². The van der Waals surface area contributed by atoms with E-state index in [1.54, 1.807) is 11.3 Å². The number of anilines is 1. The number of unbranched alkanes of at least 4 members (excludes halogenated alkanes) is 1. The van der Waals surface area contributed by atoms with E-state index in [1.165, 1.54) is 28.7 Å². The molecule has 20 heavy (non-hydrogen) atoms. The van der Waals surface area contributed by atoms with Crippen molar-refractivity contribution in [1.29, 1.82) is 0 Å². The topological polar surface area (TPSA) is 38.9 Å². The van der Waals surface area contributed by atoms with Crippen LogP contribution in [0.5, 0.6) is 0 Å². The van der Waals surface area contributed by atoms with Crippen LogP contribution in [0.1, 0.15) is 25.3 Å². The number of para-hydroxylation sites is 1. The maximum Gasteiger partial charge on any atom is 0.124 e. The Balaban J connectivity index is 2.00. The van der Waals surface area contributed by atoms with Gasteiger partial charge in [-0.2, -0.15) is 0 Å². The second-order valence-electron chi connectivity index (χ2n) is 5.00. The average molecular weight is 282 g/mol. The molecule has 0 aliphatic rings. The Bertz CT molecular complexity index is 698. The minimum atomic E-state index is 0.892. The molecule has 1 heterocycles. The summed E-state index contributed by atoms with van der Waals surface area (Å²) in [5, 5.41) is 1.07. The minimum Gasteiger partial charge on any atom is -0.399 e. The summed E-state index contributed by atoms with van der Waals surface area (Å²) >= 11 is 1.74. The number of fused-ring (bicyclic) bond motifs is 1. The molecule has 3 aromatic rings. The molecule has 2 nitrogen and oxygen atoms in total. The van der Waals surface area contributed by atoms with Crippen LogP contribution in [0.4, 0.5) is 5.69 Å². The predicted octanol–water partition coefficient (Wildman–Crippen LogP) is 4.89. The molecule has 0 fully saturated rings. The van der Waals surface area contributed by atoms with Crippen LogP contribution < -0.4 is 5.73 Å². The van der Waals surface area contributed by atoms with Crippen molar-refractivity contribution in [2.45, 2.75) is 26.2 Å². The second-order valence-corrected chi connectivity index (χ2v) is 6.03. The van der Waals surface area contributed by atoms with E-state index >= 15 is 0 Å². The predicted molar refractivity (Wildman–Crippen MR) is 88.1 cm³/mol. The third kappa shape index (κ3) is 2.54. The standard InChI is InChI=1S/C17H18N2S/c1-2-3-6-12-11-13(9-10-14(12)18)17-19-15-7-4-5-8-16(15)20-17/h4-5,7-11H,2-3,6,18H2,1H3. The van der Waals surface area contributed by atoms with Crippen molar-refractivity contribution in [3.63, 3.8) is 0 Å². The van der Waals surface area contributed by atoms with Crippen LogP contribution in [-0.4, -0.2) is 4.98 Å². The van der Waals surface area contributed by atoms with Gasteiger partial charge in [0.1, 0.15) is 5.01 Å². The van der Waals surface area contributed by atoms with Crippen LogP contribution in [0.15, 0.2) is 42.5 Å². The number of hydrogen-bond donors (Lipinski definition) is 1. The summed E-state index contributed by atoms with van der Waals surface area (Å²) in [7, 11) is 0. The SMILES string of the molecule is CCCCc1cc(-c2nc3ccccc3s2)ccc1N. The van der Waals surface area contributed by atoms with Crippen molar-refractivity contribution < 1.29 is 0 Å². The lowest BCUT2D eigenvalue weighted by molar-refractivity contribution is 0.797. The number of aryl methyl sites for hydroxylation is 1. The Hall–Kier alpha value is -1.87. The molecule has 0 saturated carbocycles. The second kappa shape index (κ2) is 5.63. The number of aromatic nitrogens is 1. The Labute approximate surface area is 123 Å². The van der Waals surface area contributed by atoms with Crippen molar-refractivity contribution in [2.75, 3.05) is 5.73 Å². The Morgan fingerprint density at radius 1 is 1.15 bits per heavy atom. The van der Waals surface area contributed by atoms with Crippen LogP contribution in [0.25, 0.3) is 20.8 Å². The number of nitrogen functional groups attached to an aromatic ring is 1. The van der Waals surface area contributed by atoms with Gasteiger partial charge in [0.15, 0.2) is 0 Å². The highest BCUT2D eigenvalue weighted by atomic mass is 32.1. The van der Waals surface area contributed by atoms with Crippen LogP contribution >= 0.6 is 11.3 Å². The van der Waals surface area contributed by atoms with Crippen molar-refractivity contribution in [3.05, 3.63) is 48.0 Å². The van der Waals surface area contributed by atoms with E-state index in [4.69, 9.17) is 10.7 Å². The molecule has 0 amide bonds. The molecule has 0 saturated heterocycles. The third-order valence-corrected chi connectivity index (χ3v) is 4.57. The largest absolute Gasteiger partial charge is 0.399 e. The van der Waals surface area contributed by atoms with Gasteiger partial charge >= 0.3 is 0 Å². The highest BCUT2D eigenvalue weighted by molar-refractivity contribution is 7.21. The molecule has 0 unspecified atom stereocenters. The van der Waals surface area contributed by atoms with Crippen molar-refractivity contribution in [3.8, 4) is 10.6 Å². The van der Waals surface area contributed by atoms with Crippen LogP contribution in [0.3, 0.4) is 0 Å². The number of benzene rings is 2. The van der Waals surface area contributed by atoms with E-state index in [0.717, 1.165) is 22.6 Å². The van der Waals surface area contributed by atoms with Gasteiger partial charge in [0.2, 0.25) is 0 Å². The van der Waals surface area contributed by atoms with Crippen molar-refractivity contribution >= 4 is 27.2 Å². The van der Waals surface area contributed by atoms with Crippen LogP contribution in [0.2, 0.25) is 0 Å². The van der Waals surface area contributed by atoms with Gasteiger partial charge in [-0.3, -0.25) is 0 Å². The lowest BCUT2D eigenvalue weighted by Crippen LogP contribution is -1.95. The molecule has 0 bridgehead atoms. The molecule has 0 radical (unpaired) electrons. The van der Waals surface area contributed by atoms with Gasteiger partial charge < -0.3 is 5.73 Å². The molecule has 0 spiro atoms. The molecule has 0 aliphatic carbocycles. The molecular weight excluding hydrogens is 264 g/mol. The summed E-state index contributed by atoms with van der Waals surface area (Å²) in [6, 6.07) is 14.5. The Morgan fingerprint density at radius 3 is 2.80 bits per heavy atom. The van der Waals surface area contributed by atoms with E-state index in [9.17, 15) is 0 Å². The molecule has 2 aromatic carbocycles. The van der Waals surface area contributed by atoms with Crippen LogP contribution in [0, 0.1) is 0 Å². The summed E-state index contributed by atoms with van der Waals surface area (Å²) in [6.45, 7) is 2.20. The van der Waals surface area contributed by atoms with Gasteiger partial charge in [0.25, 0.3) is 0 Å². The number of rotatable bonds is 4. The number of nitrogens with two attached hydrogens (primary N) is 1. The maximum atomic E-state index is 6.07. The fourth-order valence-electron chi connectivity index (χ4n) is 2.32. The van der Waals surface area contributed by atoms with Gasteiger partial charge in [-0.15, -0.1) is 11.3 Å². The zero-order valence-electron chi connectivity index (χ0n) is 11.6. The number of nitrogens with zero attached hydrogens (tertiary/aromatic N) is 1. The van der Waals surface area contributed by atoms with Crippen molar-refractivity contribution in [2.24, 2.45) is 0 Å². The summed E-state index contributed by atoms with van der Waals surface area (Å²) < 4.78 is 1.23. The molecule has 0 aliphatic heterocycles.